The van der Waals surface area contributed by atoms with Gasteiger partial charge in [0.25, 0.3) is 15.9 Å². The molecule has 0 atom stereocenters. The van der Waals surface area contributed by atoms with Crippen molar-refractivity contribution >= 4 is 21.6 Å². The average molecular weight is 312 g/mol. The minimum Gasteiger partial charge on any atom is -0.398 e. The van der Waals surface area contributed by atoms with Crippen LogP contribution in [0.2, 0.25) is 0 Å². The minimum atomic E-state index is -4.47. The number of anilines is 1. The molecule has 0 saturated heterocycles. The van der Waals surface area contributed by atoms with Crippen molar-refractivity contribution in [2.24, 2.45) is 0 Å². The molecule has 0 saturated carbocycles. The zero-order chi connectivity index (χ0) is 15.6. The van der Waals surface area contributed by atoms with Gasteiger partial charge in [-0.2, -0.15) is 0 Å². The van der Waals surface area contributed by atoms with Gasteiger partial charge in [0.15, 0.2) is 0 Å². The van der Waals surface area contributed by atoms with Gasteiger partial charge >= 0.3 is 0 Å². The SMILES string of the molecule is Nc1ccccc1C(=O)NS(=O)(=O)c1ccc(F)cc1F. The van der Waals surface area contributed by atoms with Gasteiger partial charge in [0, 0.05) is 11.8 Å². The number of sulfonamides is 1. The van der Waals surface area contributed by atoms with Crippen LogP contribution >= 0.6 is 0 Å². The van der Waals surface area contributed by atoms with E-state index in [-0.39, 0.29) is 11.3 Å². The molecule has 0 fully saturated rings. The lowest BCUT2D eigenvalue weighted by atomic mass is 10.2. The molecule has 0 bridgehead atoms. The number of benzene rings is 2. The van der Waals surface area contributed by atoms with Gasteiger partial charge in [0.1, 0.15) is 16.5 Å². The van der Waals surface area contributed by atoms with E-state index in [9.17, 15) is 22.0 Å². The highest BCUT2D eigenvalue weighted by molar-refractivity contribution is 7.90. The third-order valence-corrected chi connectivity index (χ3v) is 3.98. The monoisotopic (exact) mass is 312 g/mol. The van der Waals surface area contributed by atoms with Crippen molar-refractivity contribution in [1.82, 2.24) is 4.72 Å². The Morgan fingerprint density at radius 2 is 1.76 bits per heavy atom. The Balaban J connectivity index is 2.34. The Morgan fingerprint density at radius 3 is 2.38 bits per heavy atom. The van der Waals surface area contributed by atoms with Gasteiger partial charge in [-0.25, -0.2) is 21.9 Å². The summed E-state index contributed by atoms with van der Waals surface area (Å²) >= 11 is 0. The fourth-order valence-electron chi connectivity index (χ4n) is 1.63. The summed E-state index contributed by atoms with van der Waals surface area (Å²) in [5.74, 6) is -3.22. The van der Waals surface area contributed by atoms with E-state index >= 15 is 0 Å². The molecule has 0 aliphatic rings. The number of halogens is 2. The first-order valence-electron chi connectivity index (χ1n) is 5.68. The molecule has 2 aromatic carbocycles. The fraction of sp³-hybridized carbons (Fsp3) is 0. The lowest BCUT2D eigenvalue weighted by Gasteiger charge is -2.09. The molecule has 5 nitrogen and oxygen atoms in total. The molecule has 2 aromatic rings. The Bertz CT molecular complexity index is 807. The van der Waals surface area contributed by atoms with Crippen LogP contribution in [0.1, 0.15) is 10.4 Å². The summed E-state index contributed by atoms with van der Waals surface area (Å²) in [5.41, 5.74) is 5.56. The molecular weight excluding hydrogens is 302 g/mol. The maximum atomic E-state index is 13.5. The van der Waals surface area contributed by atoms with Gasteiger partial charge in [-0.05, 0) is 24.3 Å². The summed E-state index contributed by atoms with van der Waals surface area (Å²) < 4.78 is 51.8. The first-order valence-corrected chi connectivity index (χ1v) is 7.16. The number of carbonyl (C=O) groups excluding carboxylic acids is 1. The van der Waals surface area contributed by atoms with Crippen molar-refractivity contribution < 1.29 is 22.0 Å². The van der Waals surface area contributed by atoms with Crippen molar-refractivity contribution in [3.63, 3.8) is 0 Å². The zero-order valence-electron chi connectivity index (χ0n) is 10.5. The molecule has 0 aromatic heterocycles. The summed E-state index contributed by atoms with van der Waals surface area (Å²) in [5, 5.41) is 0. The van der Waals surface area contributed by atoms with Crippen LogP contribution in [-0.2, 0) is 10.0 Å². The average Bonchev–Trinajstić information content (AvgIpc) is 2.37. The van der Waals surface area contributed by atoms with Crippen LogP contribution in [0.3, 0.4) is 0 Å². The van der Waals surface area contributed by atoms with Crippen LogP contribution in [-0.4, -0.2) is 14.3 Å². The third kappa shape index (κ3) is 3.16. The Hall–Kier alpha value is -2.48. The highest BCUT2D eigenvalue weighted by atomic mass is 32.2. The summed E-state index contributed by atoms with van der Waals surface area (Å²) in [6.07, 6.45) is 0. The van der Waals surface area contributed by atoms with Gasteiger partial charge in [-0.15, -0.1) is 0 Å². The van der Waals surface area contributed by atoms with E-state index in [1.165, 1.54) is 18.2 Å². The van der Waals surface area contributed by atoms with Crippen molar-refractivity contribution in [2.45, 2.75) is 4.90 Å². The predicted octanol–water partition coefficient (Wildman–Crippen LogP) is 1.67. The number of hydrogen-bond acceptors (Lipinski definition) is 4. The van der Waals surface area contributed by atoms with Gasteiger partial charge in [0.05, 0.1) is 5.56 Å². The number of carbonyl (C=O) groups is 1. The minimum absolute atomic E-state index is 0.0661. The standard InChI is InChI=1S/C13H10F2N2O3S/c14-8-5-6-12(10(15)7-8)21(19,20)17-13(18)9-3-1-2-4-11(9)16/h1-7H,16H2,(H,17,18). The molecule has 0 radical (unpaired) electrons. The Morgan fingerprint density at radius 1 is 1.10 bits per heavy atom. The number of nitrogens with one attached hydrogen (secondary N) is 1. The number of amides is 1. The quantitative estimate of drug-likeness (QED) is 0.844. The number of rotatable bonds is 3. The maximum absolute atomic E-state index is 13.5. The normalized spacial score (nSPS) is 11.1. The van der Waals surface area contributed by atoms with Crippen molar-refractivity contribution in [2.75, 3.05) is 5.73 Å². The fourth-order valence-corrected chi connectivity index (χ4v) is 2.66. The molecule has 21 heavy (non-hydrogen) atoms. The topological polar surface area (TPSA) is 89.3 Å². The van der Waals surface area contributed by atoms with Gasteiger partial charge in [0.2, 0.25) is 0 Å². The number of nitrogens with two attached hydrogens (primary N) is 1. The molecule has 1 amide bonds. The number of nitrogen functional groups attached to an aromatic ring is 1. The summed E-state index contributed by atoms with van der Waals surface area (Å²) in [6.45, 7) is 0. The molecule has 2 rings (SSSR count). The number of hydrogen-bond donors (Lipinski definition) is 2. The van der Waals surface area contributed by atoms with E-state index in [2.05, 4.69) is 0 Å². The maximum Gasteiger partial charge on any atom is 0.267 e. The molecule has 0 heterocycles. The highest BCUT2D eigenvalue weighted by Crippen LogP contribution is 2.17. The van der Waals surface area contributed by atoms with Crippen molar-refractivity contribution in [3.8, 4) is 0 Å². The second-order valence-electron chi connectivity index (χ2n) is 4.10. The molecule has 3 N–H and O–H groups in total. The van der Waals surface area contributed by atoms with Crippen LogP contribution < -0.4 is 10.5 Å². The molecule has 0 spiro atoms. The van der Waals surface area contributed by atoms with Gasteiger partial charge in [-0.1, -0.05) is 12.1 Å². The summed E-state index contributed by atoms with van der Waals surface area (Å²) in [6, 6.07) is 7.72. The number of para-hydroxylation sites is 1. The van der Waals surface area contributed by atoms with E-state index < -0.39 is 32.5 Å². The third-order valence-electron chi connectivity index (χ3n) is 2.62. The smallest absolute Gasteiger partial charge is 0.267 e. The second kappa shape index (κ2) is 5.49. The van der Waals surface area contributed by atoms with Crippen LogP contribution in [0.15, 0.2) is 47.4 Å². The zero-order valence-corrected chi connectivity index (χ0v) is 11.3. The summed E-state index contributed by atoms with van der Waals surface area (Å²) in [4.78, 5) is 11.0. The Kier molecular flexibility index (Phi) is 3.90. The first-order chi connectivity index (χ1) is 9.81. The van der Waals surface area contributed by atoms with E-state index in [0.29, 0.717) is 6.07 Å². The molecule has 0 aliphatic carbocycles. The predicted molar refractivity (Wildman–Crippen MR) is 71.9 cm³/mol. The van der Waals surface area contributed by atoms with Crippen LogP contribution in [0.25, 0.3) is 0 Å². The highest BCUT2D eigenvalue weighted by Gasteiger charge is 2.23. The lowest BCUT2D eigenvalue weighted by molar-refractivity contribution is 0.0982. The van der Waals surface area contributed by atoms with E-state index in [0.717, 1.165) is 12.1 Å². The second-order valence-corrected chi connectivity index (χ2v) is 5.75. The molecule has 0 aliphatic heterocycles. The summed E-state index contributed by atoms with van der Waals surface area (Å²) in [7, 11) is -4.47. The van der Waals surface area contributed by atoms with Crippen LogP contribution in [0.4, 0.5) is 14.5 Å². The lowest BCUT2D eigenvalue weighted by Crippen LogP contribution is -2.31. The first kappa shape index (κ1) is 14.9. The van der Waals surface area contributed by atoms with E-state index in [1.54, 1.807) is 10.8 Å². The van der Waals surface area contributed by atoms with Gasteiger partial charge in [-0.3, -0.25) is 4.79 Å². The van der Waals surface area contributed by atoms with Crippen molar-refractivity contribution in [3.05, 3.63) is 59.7 Å². The van der Waals surface area contributed by atoms with E-state index in [4.69, 9.17) is 5.73 Å². The van der Waals surface area contributed by atoms with Crippen LogP contribution in [0.5, 0.6) is 0 Å². The molecule has 110 valence electrons. The molecule has 0 unspecified atom stereocenters. The molecule has 8 heteroatoms. The van der Waals surface area contributed by atoms with Gasteiger partial charge < -0.3 is 5.73 Å². The largest absolute Gasteiger partial charge is 0.398 e. The van der Waals surface area contributed by atoms with Crippen LogP contribution in [0, 0.1) is 11.6 Å². The van der Waals surface area contributed by atoms with Crippen molar-refractivity contribution in [1.29, 1.82) is 0 Å². The molecular formula is C13H10F2N2O3S. The Labute approximate surface area is 119 Å². The van der Waals surface area contributed by atoms with E-state index in [1.807, 2.05) is 0 Å².